The number of benzene rings is 1. The number of esters is 1. The second kappa shape index (κ2) is 7.48. The number of amides is 2. The first-order valence-electron chi connectivity index (χ1n) is 7.93. The monoisotopic (exact) mass is 358 g/mol. The van der Waals surface area contributed by atoms with Crippen LogP contribution >= 0.6 is 11.3 Å². The summed E-state index contributed by atoms with van der Waals surface area (Å²) in [6.07, 6.45) is 1.35. The molecule has 0 bridgehead atoms. The quantitative estimate of drug-likeness (QED) is 0.805. The van der Waals surface area contributed by atoms with E-state index >= 15 is 0 Å². The normalized spacial score (nSPS) is 15.9. The van der Waals surface area contributed by atoms with Crippen molar-refractivity contribution in [3.63, 3.8) is 0 Å². The van der Waals surface area contributed by atoms with Gasteiger partial charge in [-0.15, -0.1) is 11.3 Å². The van der Waals surface area contributed by atoms with E-state index in [4.69, 9.17) is 0 Å². The fourth-order valence-corrected chi connectivity index (χ4v) is 3.61. The summed E-state index contributed by atoms with van der Waals surface area (Å²) in [5.41, 5.74) is 1.94. The van der Waals surface area contributed by atoms with Crippen LogP contribution in [0.25, 0.3) is 0 Å². The number of hydrogen-bond donors (Lipinski definition) is 2. The number of hydrogen-bond acceptors (Lipinski definition) is 5. The van der Waals surface area contributed by atoms with Crippen LogP contribution in [0.4, 0.5) is 10.7 Å². The Morgan fingerprint density at radius 3 is 2.88 bits per heavy atom. The average molecular weight is 358 g/mol. The molecule has 2 amide bonds. The molecule has 0 spiro atoms. The first-order chi connectivity index (χ1) is 12.1. The SMILES string of the molecule is COC(=O)c1ccc(NC(=O)CCC2Cc3ccccc3NC2=O)s1. The Morgan fingerprint density at radius 2 is 2.08 bits per heavy atom. The third-order valence-electron chi connectivity index (χ3n) is 4.09. The lowest BCUT2D eigenvalue weighted by molar-refractivity contribution is -0.121. The summed E-state index contributed by atoms with van der Waals surface area (Å²) in [5.74, 6) is -0.863. The van der Waals surface area contributed by atoms with E-state index in [2.05, 4.69) is 15.4 Å². The summed E-state index contributed by atoms with van der Waals surface area (Å²) in [5, 5.41) is 6.23. The van der Waals surface area contributed by atoms with Crippen molar-refractivity contribution >= 4 is 39.8 Å². The summed E-state index contributed by atoms with van der Waals surface area (Å²) in [7, 11) is 1.31. The maximum absolute atomic E-state index is 12.1. The molecule has 2 N–H and O–H groups in total. The smallest absolute Gasteiger partial charge is 0.348 e. The van der Waals surface area contributed by atoms with Crippen LogP contribution in [0.15, 0.2) is 36.4 Å². The number of ether oxygens (including phenoxy) is 1. The van der Waals surface area contributed by atoms with Crippen LogP contribution in [0.5, 0.6) is 0 Å². The van der Waals surface area contributed by atoms with Crippen molar-refractivity contribution in [3.05, 3.63) is 46.8 Å². The molecular weight excluding hydrogens is 340 g/mol. The number of rotatable bonds is 5. The Balaban J connectivity index is 1.53. The minimum atomic E-state index is -0.428. The Labute approximate surface area is 149 Å². The largest absolute Gasteiger partial charge is 0.465 e. The highest BCUT2D eigenvalue weighted by atomic mass is 32.1. The van der Waals surface area contributed by atoms with Gasteiger partial charge < -0.3 is 15.4 Å². The number of thiophene rings is 1. The van der Waals surface area contributed by atoms with Gasteiger partial charge in [-0.2, -0.15) is 0 Å². The fraction of sp³-hybridized carbons (Fsp3) is 0.278. The van der Waals surface area contributed by atoms with Gasteiger partial charge in [-0.25, -0.2) is 4.79 Å². The molecule has 0 fully saturated rings. The summed E-state index contributed by atoms with van der Waals surface area (Å²) >= 11 is 1.16. The number of methoxy groups -OCH3 is 1. The number of nitrogens with one attached hydrogen (secondary N) is 2. The molecule has 2 heterocycles. The van der Waals surface area contributed by atoms with Gasteiger partial charge in [0.1, 0.15) is 4.88 Å². The number of para-hydroxylation sites is 1. The first-order valence-corrected chi connectivity index (χ1v) is 8.75. The third-order valence-corrected chi connectivity index (χ3v) is 5.07. The van der Waals surface area contributed by atoms with Crippen molar-refractivity contribution in [3.8, 4) is 0 Å². The van der Waals surface area contributed by atoms with E-state index < -0.39 is 5.97 Å². The van der Waals surface area contributed by atoms with Gasteiger partial charge in [0, 0.05) is 18.0 Å². The summed E-state index contributed by atoms with van der Waals surface area (Å²) in [4.78, 5) is 36.1. The molecule has 25 heavy (non-hydrogen) atoms. The predicted molar refractivity (Wildman–Crippen MR) is 95.8 cm³/mol. The minimum Gasteiger partial charge on any atom is -0.465 e. The second-order valence-electron chi connectivity index (χ2n) is 5.79. The molecule has 1 aromatic carbocycles. The predicted octanol–water partition coefficient (Wildman–Crippen LogP) is 3.06. The molecule has 0 saturated carbocycles. The van der Waals surface area contributed by atoms with E-state index in [1.54, 1.807) is 12.1 Å². The van der Waals surface area contributed by atoms with Gasteiger partial charge in [0.15, 0.2) is 0 Å². The molecule has 2 aromatic rings. The highest BCUT2D eigenvalue weighted by molar-refractivity contribution is 7.18. The van der Waals surface area contributed by atoms with Crippen LogP contribution in [0, 0.1) is 5.92 Å². The maximum Gasteiger partial charge on any atom is 0.348 e. The van der Waals surface area contributed by atoms with E-state index in [1.807, 2.05) is 24.3 Å². The van der Waals surface area contributed by atoms with Gasteiger partial charge in [-0.3, -0.25) is 9.59 Å². The van der Waals surface area contributed by atoms with Crippen LogP contribution in [0.2, 0.25) is 0 Å². The number of anilines is 2. The van der Waals surface area contributed by atoms with Crippen molar-refractivity contribution in [2.75, 3.05) is 17.7 Å². The molecule has 1 atom stereocenters. The molecule has 0 radical (unpaired) electrons. The van der Waals surface area contributed by atoms with E-state index in [0.717, 1.165) is 22.6 Å². The topological polar surface area (TPSA) is 84.5 Å². The Bertz CT molecular complexity index is 815. The average Bonchev–Trinajstić information content (AvgIpc) is 3.07. The van der Waals surface area contributed by atoms with Crippen LogP contribution in [0.1, 0.15) is 28.1 Å². The molecule has 1 aliphatic heterocycles. The van der Waals surface area contributed by atoms with Crippen molar-refractivity contribution in [2.24, 2.45) is 5.92 Å². The zero-order valence-electron chi connectivity index (χ0n) is 13.7. The molecule has 1 aliphatic rings. The maximum atomic E-state index is 12.1. The number of carbonyl (C=O) groups excluding carboxylic acids is 3. The van der Waals surface area contributed by atoms with E-state index in [0.29, 0.717) is 22.7 Å². The standard InChI is InChI=1S/C18H18N2O4S/c1-24-18(23)14-7-9-16(25-14)20-15(21)8-6-12-10-11-4-2-3-5-13(11)19-17(12)22/h2-5,7,9,12H,6,8,10H2,1H3,(H,19,22)(H,20,21). The molecule has 7 heteroatoms. The van der Waals surface area contributed by atoms with Gasteiger partial charge in [-0.05, 0) is 36.6 Å². The number of carbonyl (C=O) groups is 3. The second-order valence-corrected chi connectivity index (χ2v) is 6.87. The Kier molecular flexibility index (Phi) is 5.14. The zero-order chi connectivity index (χ0) is 17.8. The van der Waals surface area contributed by atoms with E-state index in [-0.39, 0.29) is 24.2 Å². The lowest BCUT2D eigenvalue weighted by Crippen LogP contribution is -2.30. The minimum absolute atomic E-state index is 0.0457. The first kappa shape index (κ1) is 17.2. The zero-order valence-corrected chi connectivity index (χ0v) is 14.5. The molecule has 0 aliphatic carbocycles. The fourth-order valence-electron chi connectivity index (χ4n) is 2.77. The van der Waals surface area contributed by atoms with Gasteiger partial charge in [0.05, 0.1) is 12.1 Å². The molecule has 1 unspecified atom stereocenters. The van der Waals surface area contributed by atoms with Gasteiger partial charge in [0.2, 0.25) is 11.8 Å². The Morgan fingerprint density at radius 1 is 1.28 bits per heavy atom. The molecule has 3 rings (SSSR count). The summed E-state index contributed by atoms with van der Waals surface area (Å²) in [6, 6.07) is 11.0. The lowest BCUT2D eigenvalue weighted by Gasteiger charge is -2.24. The highest BCUT2D eigenvalue weighted by Gasteiger charge is 2.26. The van der Waals surface area contributed by atoms with Crippen LogP contribution < -0.4 is 10.6 Å². The molecular formula is C18H18N2O4S. The van der Waals surface area contributed by atoms with Crippen LogP contribution in [-0.2, 0) is 20.7 Å². The van der Waals surface area contributed by atoms with E-state index in [9.17, 15) is 14.4 Å². The van der Waals surface area contributed by atoms with Gasteiger partial charge in [-0.1, -0.05) is 18.2 Å². The molecule has 130 valence electrons. The number of fused-ring (bicyclic) bond motifs is 1. The molecule has 0 saturated heterocycles. The van der Waals surface area contributed by atoms with Crippen molar-refractivity contribution in [2.45, 2.75) is 19.3 Å². The van der Waals surface area contributed by atoms with Gasteiger partial charge in [0.25, 0.3) is 0 Å². The molecule has 6 nitrogen and oxygen atoms in total. The van der Waals surface area contributed by atoms with Crippen molar-refractivity contribution in [1.82, 2.24) is 0 Å². The van der Waals surface area contributed by atoms with E-state index in [1.165, 1.54) is 7.11 Å². The Hall–Kier alpha value is -2.67. The van der Waals surface area contributed by atoms with Crippen LogP contribution in [0.3, 0.4) is 0 Å². The highest BCUT2D eigenvalue weighted by Crippen LogP contribution is 2.28. The van der Waals surface area contributed by atoms with Crippen LogP contribution in [-0.4, -0.2) is 24.9 Å². The van der Waals surface area contributed by atoms with Crippen molar-refractivity contribution < 1.29 is 19.1 Å². The van der Waals surface area contributed by atoms with Gasteiger partial charge >= 0.3 is 5.97 Å². The summed E-state index contributed by atoms with van der Waals surface area (Å²) in [6.45, 7) is 0. The summed E-state index contributed by atoms with van der Waals surface area (Å²) < 4.78 is 4.64. The lowest BCUT2D eigenvalue weighted by atomic mass is 9.89. The third kappa shape index (κ3) is 4.06. The van der Waals surface area contributed by atoms with Crippen molar-refractivity contribution in [1.29, 1.82) is 0 Å². The molecule has 1 aromatic heterocycles.